The van der Waals surface area contributed by atoms with E-state index in [1.165, 1.54) is 4.90 Å². The Kier molecular flexibility index (Phi) is 12.5. The van der Waals surface area contributed by atoms with E-state index in [0.29, 0.717) is 24.8 Å². The quantitative estimate of drug-likeness (QED) is 0.212. The number of hydrogen-bond donors (Lipinski definition) is 2. The van der Waals surface area contributed by atoms with Crippen LogP contribution in [0, 0.1) is 0 Å². The number of benzene rings is 1. The summed E-state index contributed by atoms with van der Waals surface area (Å²) in [5.41, 5.74) is 0. The Balaban J connectivity index is 0.00000420. The molecule has 9 heteroatoms. The summed E-state index contributed by atoms with van der Waals surface area (Å²) in [5.74, 6) is 1.06. The monoisotopic (exact) mass is 554 g/mol. The lowest BCUT2D eigenvalue weighted by molar-refractivity contribution is 0.306. The Morgan fingerprint density at radius 3 is 2.48 bits per heavy atom. The van der Waals surface area contributed by atoms with E-state index in [1.807, 2.05) is 24.8 Å². The second-order valence-electron chi connectivity index (χ2n) is 7.09. The zero-order valence-electron chi connectivity index (χ0n) is 17.6. The van der Waals surface area contributed by atoms with E-state index in [9.17, 15) is 8.42 Å². The van der Waals surface area contributed by atoms with Crippen molar-refractivity contribution in [3.63, 3.8) is 0 Å². The molecule has 1 unspecified atom stereocenters. The topological polar surface area (TPSA) is 73.8 Å². The van der Waals surface area contributed by atoms with Crippen LogP contribution in [0.15, 0.2) is 40.2 Å². The molecule has 2 N–H and O–H groups in total. The molecule has 1 atom stereocenters. The fraction of sp³-hybridized carbons (Fsp3) is 0.650. The maximum atomic E-state index is 12.2. The zero-order chi connectivity index (χ0) is 20.4. The predicted octanol–water partition coefficient (Wildman–Crippen LogP) is 3.54. The van der Waals surface area contributed by atoms with Crippen LogP contribution in [0.3, 0.4) is 0 Å². The van der Waals surface area contributed by atoms with Crippen LogP contribution >= 0.6 is 35.7 Å². The van der Waals surface area contributed by atoms with Crippen molar-refractivity contribution in [3.8, 4) is 0 Å². The summed E-state index contributed by atoms with van der Waals surface area (Å²) in [5, 5.41) is 7.17. The minimum atomic E-state index is -3.09. The molecule has 1 aliphatic heterocycles. The Labute approximate surface area is 197 Å². The molecule has 2 rings (SSSR count). The van der Waals surface area contributed by atoms with Crippen LogP contribution in [0.2, 0.25) is 0 Å². The summed E-state index contributed by atoms with van der Waals surface area (Å²) in [6, 6.07) is 10.6. The molecule has 0 radical (unpaired) electrons. The highest BCUT2D eigenvalue weighted by molar-refractivity contribution is 14.0. The van der Waals surface area contributed by atoms with Gasteiger partial charge in [-0.1, -0.05) is 32.0 Å². The van der Waals surface area contributed by atoms with E-state index in [-0.39, 0.29) is 35.8 Å². The Morgan fingerprint density at radius 1 is 1.24 bits per heavy atom. The summed E-state index contributed by atoms with van der Waals surface area (Å²) in [6.45, 7) is 8.83. The first kappa shape index (κ1) is 26.5. The molecule has 29 heavy (non-hydrogen) atoms. The van der Waals surface area contributed by atoms with Gasteiger partial charge in [0.05, 0.1) is 12.3 Å². The van der Waals surface area contributed by atoms with Crippen molar-refractivity contribution in [2.45, 2.75) is 56.2 Å². The molecule has 166 valence electrons. The molecule has 0 saturated carbocycles. The molecule has 0 aromatic heterocycles. The Hall–Kier alpha value is -0.520. The highest BCUT2D eigenvalue weighted by Gasteiger charge is 2.27. The first-order valence-corrected chi connectivity index (χ1v) is 12.7. The van der Waals surface area contributed by atoms with Gasteiger partial charge in [0.15, 0.2) is 5.96 Å². The van der Waals surface area contributed by atoms with Crippen molar-refractivity contribution in [1.29, 1.82) is 0 Å². The second-order valence-corrected chi connectivity index (χ2v) is 10.7. The minimum Gasteiger partial charge on any atom is -0.357 e. The normalized spacial score (nSPS) is 17.4. The predicted molar refractivity (Wildman–Crippen MR) is 135 cm³/mol. The highest BCUT2D eigenvalue weighted by Crippen LogP contribution is 2.22. The van der Waals surface area contributed by atoms with Crippen molar-refractivity contribution in [1.82, 2.24) is 14.9 Å². The van der Waals surface area contributed by atoms with Crippen molar-refractivity contribution < 1.29 is 8.42 Å². The molecule has 1 heterocycles. The number of nitrogens with one attached hydrogen (secondary N) is 2. The van der Waals surface area contributed by atoms with E-state index in [1.54, 1.807) is 4.31 Å². The van der Waals surface area contributed by atoms with Gasteiger partial charge in [0.2, 0.25) is 10.0 Å². The van der Waals surface area contributed by atoms with Gasteiger partial charge in [-0.25, -0.2) is 12.7 Å². The number of thioether (sulfide) groups is 1. The number of guanidine groups is 1. The smallest absolute Gasteiger partial charge is 0.214 e. The fourth-order valence-corrected chi connectivity index (χ4v) is 5.64. The number of aliphatic imine (C=N–C) groups is 1. The summed E-state index contributed by atoms with van der Waals surface area (Å²) in [7, 11) is -3.09. The standard InChI is InChI=1S/C20H34N4O2S2.HI/c1-4-15-28(25,26)24-13-11-18(12-14-24)23-20(21-5-2)22-16-17(3)27-19-9-7-6-8-10-19;/h6-10,17-18H,4-5,11-16H2,1-3H3,(H2,21,22,23);1H. The maximum Gasteiger partial charge on any atom is 0.214 e. The number of sulfonamides is 1. The van der Waals surface area contributed by atoms with Crippen molar-refractivity contribution in [2.24, 2.45) is 4.99 Å². The molecule has 1 aromatic rings. The lowest BCUT2D eigenvalue weighted by Crippen LogP contribution is -2.50. The van der Waals surface area contributed by atoms with Crippen LogP contribution in [0.4, 0.5) is 0 Å². The van der Waals surface area contributed by atoms with Gasteiger partial charge in [-0.05, 0) is 38.3 Å². The molecule has 1 fully saturated rings. The van der Waals surface area contributed by atoms with Gasteiger partial charge >= 0.3 is 0 Å². The first-order valence-electron chi connectivity index (χ1n) is 10.2. The summed E-state index contributed by atoms with van der Waals surface area (Å²) in [4.78, 5) is 6.00. The van der Waals surface area contributed by atoms with Gasteiger partial charge < -0.3 is 10.6 Å². The van der Waals surface area contributed by atoms with E-state index in [0.717, 1.165) is 31.9 Å². The molecule has 1 aromatic carbocycles. The minimum absolute atomic E-state index is 0. The van der Waals surface area contributed by atoms with Crippen molar-refractivity contribution in [2.75, 3.05) is 31.9 Å². The molecule has 0 spiro atoms. The largest absolute Gasteiger partial charge is 0.357 e. The highest BCUT2D eigenvalue weighted by atomic mass is 127. The summed E-state index contributed by atoms with van der Waals surface area (Å²) in [6.07, 6.45) is 2.28. The lowest BCUT2D eigenvalue weighted by Gasteiger charge is -2.32. The molecule has 0 bridgehead atoms. The third-order valence-corrected chi connectivity index (χ3v) is 7.75. The van der Waals surface area contributed by atoms with Crippen LogP contribution in [-0.2, 0) is 10.0 Å². The molecule has 1 aliphatic rings. The summed E-state index contributed by atoms with van der Waals surface area (Å²) >= 11 is 1.82. The average Bonchev–Trinajstić information content (AvgIpc) is 2.67. The Bertz CT molecular complexity index is 708. The second kappa shape index (κ2) is 13.7. The summed E-state index contributed by atoms with van der Waals surface area (Å²) < 4.78 is 26.1. The molecular formula is C20H35IN4O2S2. The van der Waals surface area contributed by atoms with Gasteiger partial charge in [-0.2, -0.15) is 0 Å². The van der Waals surface area contributed by atoms with Gasteiger partial charge in [-0.15, -0.1) is 35.7 Å². The molecule has 0 amide bonds. The third-order valence-electron chi connectivity index (χ3n) is 4.58. The van der Waals surface area contributed by atoms with Crippen molar-refractivity contribution >= 4 is 51.7 Å². The van der Waals surface area contributed by atoms with E-state index < -0.39 is 10.0 Å². The molecule has 6 nitrogen and oxygen atoms in total. The van der Waals surface area contributed by atoms with Crippen LogP contribution in [0.1, 0.15) is 40.0 Å². The zero-order valence-corrected chi connectivity index (χ0v) is 21.6. The third kappa shape index (κ3) is 9.44. The molecule has 0 aliphatic carbocycles. The van der Waals surface area contributed by atoms with Crippen LogP contribution < -0.4 is 10.6 Å². The van der Waals surface area contributed by atoms with Crippen LogP contribution in [0.5, 0.6) is 0 Å². The molecular weight excluding hydrogens is 519 g/mol. The van der Waals surface area contributed by atoms with Crippen LogP contribution in [-0.4, -0.2) is 61.9 Å². The van der Waals surface area contributed by atoms with Gasteiger partial charge in [0, 0.05) is 35.8 Å². The maximum absolute atomic E-state index is 12.2. The average molecular weight is 555 g/mol. The molecule has 1 saturated heterocycles. The van der Waals surface area contributed by atoms with E-state index in [4.69, 9.17) is 4.99 Å². The first-order chi connectivity index (χ1) is 13.4. The SMILES string of the molecule is CCCS(=O)(=O)N1CCC(NC(=NCC(C)Sc2ccccc2)NCC)CC1.I. The number of hydrogen-bond acceptors (Lipinski definition) is 4. The number of piperidine rings is 1. The van der Waals surface area contributed by atoms with Gasteiger partial charge in [0.25, 0.3) is 0 Å². The van der Waals surface area contributed by atoms with Gasteiger partial charge in [-0.3, -0.25) is 4.99 Å². The number of halogens is 1. The fourth-order valence-electron chi connectivity index (χ4n) is 3.17. The van der Waals surface area contributed by atoms with Gasteiger partial charge in [0.1, 0.15) is 0 Å². The number of rotatable bonds is 9. The number of nitrogens with zero attached hydrogens (tertiary/aromatic N) is 2. The van der Waals surface area contributed by atoms with E-state index in [2.05, 4.69) is 48.7 Å². The Morgan fingerprint density at radius 2 is 1.90 bits per heavy atom. The van der Waals surface area contributed by atoms with E-state index >= 15 is 0 Å². The lowest BCUT2D eigenvalue weighted by atomic mass is 10.1. The van der Waals surface area contributed by atoms with Crippen LogP contribution in [0.25, 0.3) is 0 Å². The van der Waals surface area contributed by atoms with Crippen molar-refractivity contribution in [3.05, 3.63) is 30.3 Å².